The van der Waals surface area contributed by atoms with Gasteiger partial charge in [0.15, 0.2) is 0 Å². The van der Waals surface area contributed by atoms with Crippen molar-refractivity contribution in [3.63, 3.8) is 0 Å². The van der Waals surface area contributed by atoms with E-state index in [9.17, 15) is 13.2 Å². The Hall–Kier alpha value is -0.620. The summed E-state index contributed by atoms with van der Waals surface area (Å²) in [5, 5.41) is 0. The number of ether oxygens (including phenoxy) is 2. The highest BCUT2D eigenvalue weighted by Crippen LogP contribution is 2.26. The molecule has 0 bridgehead atoms. The first-order valence-electron chi connectivity index (χ1n) is 5.27. The minimum Gasteiger partial charge on any atom is -0.469 e. The Bertz CT molecular complexity index is 329. The highest BCUT2D eigenvalue weighted by atomic mass is 32.2. The van der Waals surface area contributed by atoms with Gasteiger partial charge in [0, 0.05) is 19.5 Å². The molecule has 0 saturated carbocycles. The van der Waals surface area contributed by atoms with Crippen molar-refractivity contribution < 1.29 is 22.7 Å². The van der Waals surface area contributed by atoms with Crippen LogP contribution in [0.5, 0.6) is 0 Å². The lowest BCUT2D eigenvalue weighted by Gasteiger charge is -2.27. The molecule has 0 aromatic rings. The van der Waals surface area contributed by atoms with E-state index in [2.05, 4.69) is 4.74 Å². The fourth-order valence-corrected chi connectivity index (χ4v) is 3.05. The lowest BCUT2D eigenvalue weighted by atomic mass is 9.87. The van der Waals surface area contributed by atoms with E-state index >= 15 is 0 Å². The molecule has 0 spiro atoms. The molecule has 1 unspecified atom stereocenters. The van der Waals surface area contributed by atoms with Crippen LogP contribution in [0.15, 0.2) is 0 Å². The van der Waals surface area contributed by atoms with Crippen LogP contribution in [0, 0.1) is 11.8 Å². The third-order valence-corrected chi connectivity index (χ3v) is 3.79. The first-order valence-corrected chi connectivity index (χ1v) is 7.33. The van der Waals surface area contributed by atoms with Gasteiger partial charge in [-0.25, -0.2) is 8.42 Å². The van der Waals surface area contributed by atoms with Gasteiger partial charge < -0.3 is 9.47 Å². The lowest BCUT2D eigenvalue weighted by molar-refractivity contribution is -0.147. The number of carbonyl (C=O) groups is 1. The Balaban J connectivity index is 2.73. The third-order valence-electron chi connectivity index (χ3n) is 2.82. The Labute approximate surface area is 96.0 Å². The number of hydrogen-bond donors (Lipinski definition) is 0. The van der Waals surface area contributed by atoms with E-state index in [1.807, 2.05) is 0 Å². The van der Waals surface area contributed by atoms with Gasteiger partial charge in [0.05, 0.1) is 18.8 Å². The summed E-state index contributed by atoms with van der Waals surface area (Å²) < 4.78 is 32.4. The zero-order chi connectivity index (χ0) is 12.2. The van der Waals surface area contributed by atoms with Crippen molar-refractivity contribution in [2.45, 2.75) is 12.8 Å². The van der Waals surface area contributed by atoms with Crippen molar-refractivity contribution in [3.05, 3.63) is 0 Å². The van der Waals surface area contributed by atoms with E-state index in [4.69, 9.17) is 4.74 Å². The van der Waals surface area contributed by atoms with Crippen LogP contribution in [0.25, 0.3) is 0 Å². The van der Waals surface area contributed by atoms with E-state index < -0.39 is 21.7 Å². The molecule has 5 nitrogen and oxygen atoms in total. The summed E-state index contributed by atoms with van der Waals surface area (Å²) in [7, 11) is -1.88. The molecule has 1 rings (SSSR count). The summed E-state index contributed by atoms with van der Waals surface area (Å²) in [6.45, 7) is 1.17. The summed E-state index contributed by atoms with van der Waals surface area (Å²) in [5.74, 6) is -1.07. The summed E-state index contributed by atoms with van der Waals surface area (Å²) >= 11 is 0. The molecule has 1 saturated heterocycles. The van der Waals surface area contributed by atoms with Crippen LogP contribution >= 0.6 is 0 Å². The average molecular weight is 250 g/mol. The quantitative estimate of drug-likeness (QED) is 0.669. The van der Waals surface area contributed by atoms with E-state index in [1.165, 1.54) is 7.11 Å². The lowest BCUT2D eigenvalue weighted by Crippen LogP contribution is -2.34. The maximum atomic E-state index is 11.6. The second kappa shape index (κ2) is 5.63. The highest BCUT2D eigenvalue weighted by molar-refractivity contribution is 7.90. The van der Waals surface area contributed by atoms with Gasteiger partial charge in [-0.05, 0) is 18.8 Å². The van der Waals surface area contributed by atoms with Gasteiger partial charge in [-0.3, -0.25) is 4.79 Å². The molecule has 0 aromatic heterocycles. The van der Waals surface area contributed by atoms with Crippen LogP contribution in [-0.2, 0) is 24.1 Å². The van der Waals surface area contributed by atoms with Crippen LogP contribution in [0.4, 0.5) is 0 Å². The Morgan fingerprint density at radius 3 is 2.44 bits per heavy atom. The summed E-state index contributed by atoms with van der Waals surface area (Å²) in [6.07, 6.45) is 2.58. The second-order valence-electron chi connectivity index (χ2n) is 4.17. The van der Waals surface area contributed by atoms with Crippen molar-refractivity contribution in [2.75, 3.05) is 32.3 Å². The standard InChI is InChI=1S/C10H18O5S/c1-14-10(11)9(7-16(2,12)13)8-3-5-15-6-4-8/h8-9H,3-7H2,1-2H3. The smallest absolute Gasteiger partial charge is 0.309 e. The first kappa shape index (κ1) is 13.4. The minimum atomic E-state index is -3.17. The molecule has 94 valence electrons. The topological polar surface area (TPSA) is 69.7 Å². The number of sulfone groups is 1. The van der Waals surface area contributed by atoms with Crippen LogP contribution in [0.2, 0.25) is 0 Å². The predicted octanol–water partition coefficient (Wildman–Crippen LogP) is 0.247. The molecule has 0 amide bonds. The van der Waals surface area contributed by atoms with Crippen molar-refractivity contribution >= 4 is 15.8 Å². The number of methoxy groups -OCH3 is 1. The van der Waals surface area contributed by atoms with Crippen molar-refractivity contribution in [1.29, 1.82) is 0 Å². The Morgan fingerprint density at radius 2 is 2.00 bits per heavy atom. The Morgan fingerprint density at radius 1 is 1.44 bits per heavy atom. The van der Waals surface area contributed by atoms with Crippen molar-refractivity contribution in [2.24, 2.45) is 11.8 Å². The normalized spacial score (nSPS) is 20.4. The molecule has 1 heterocycles. The molecule has 16 heavy (non-hydrogen) atoms. The van der Waals surface area contributed by atoms with E-state index in [-0.39, 0.29) is 11.7 Å². The van der Waals surface area contributed by atoms with Crippen molar-refractivity contribution in [1.82, 2.24) is 0 Å². The average Bonchev–Trinajstić information content (AvgIpc) is 2.25. The Kier molecular flexibility index (Phi) is 4.73. The third kappa shape index (κ3) is 4.09. The molecule has 1 aliphatic heterocycles. The van der Waals surface area contributed by atoms with Gasteiger partial charge in [-0.1, -0.05) is 0 Å². The van der Waals surface area contributed by atoms with Crippen LogP contribution in [-0.4, -0.2) is 46.7 Å². The fraction of sp³-hybridized carbons (Fsp3) is 0.900. The van der Waals surface area contributed by atoms with Crippen LogP contribution in [0.3, 0.4) is 0 Å². The van der Waals surface area contributed by atoms with Gasteiger partial charge in [-0.2, -0.15) is 0 Å². The zero-order valence-corrected chi connectivity index (χ0v) is 10.5. The van der Waals surface area contributed by atoms with Gasteiger partial charge >= 0.3 is 5.97 Å². The highest BCUT2D eigenvalue weighted by Gasteiger charge is 2.33. The number of hydrogen-bond acceptors (Lipinski definition) is 5. The largest absolute Gasteiger partial charge is 0.469 e. The molecule has 1 atom stereocenters. The SMILES string of the molecule is COC(=O)C(CS(C)(=O)=O)C1CCOCC1. The zero-order valence-electron chi connectivity index (χ0n) is 9.64. The van der Waals surface area contributed by atoms with E-state index in [0.29, 0.717) is 13.2 Å². The van der Waals surface area contributed by atoms with E-state index in [1.54, 1.807) is 0 Å². The van der Waals surface area contributed by atoms with Gasteiger partial charge in [-0.15, -0.1) is 0 Å². The summed E-state index contributed by atoms with van der Waals surface area (Å²) in [5.41, 5.74) is 0. The molecule has 1 aliphatic rings. The predicted molar refractivity (Wildman–Crippen MR) is 58.8 cm³/mol. The van der Waals surface area contributed by atoms with Crippen LogP contribution in [0.1, 0.15) is 12.8 Å². The maximum Gasteiger partial charge on any atom is 0.309 e. The number of rotatable bonds is 4. The minimum absolute atomic E-state index is 0.0518. The molecule has 1 fully saturated rings. The molecule has 0 aromatic carbocycles. The molecular formula is C10H18O5S. The first-order chi connectivity index (χ1) is 7.44. The maximum absolute atomic E-state index is 11.6. The van der Waals surface area contributed by atoms with Crippen LogP contribution < -0.4 is 0 Å². The second-order valence-corrected chi connectivity index (χ2v) is 6.36. The fourth-order valence-electron chi connectivity index (χ4n) is 1.99. The van der Waals surface area contributed by atoms with E-state index in [0.717, 1.165) is 19.1 Å². The molecule has 0 aliphatic carbocycles. The number of carbonyl (C=O) groups excluding carboxylic acids is 1. The van der Waals surface area contributed by atoms with Gasteiger partial charge in [0.25, 0.3) is 0 Å². The molecule has 6 heteroatoms. The number of esters is 1. The molecule has 0 radical (unpaired) electrons. The summed E-state index contributed by atoms with van der Waals surface area (Å²) in [6, 6.07) is 0. The van der Waals surface area contributed by atoms with Gasteiger partial charge in [0.2, 0.25) is 0 Å². The van der Waals surface area contributed by atoms with Crippen molar-refractivity contribution in [3.8, 4) is 0 Å². The van der Waals surface area contributed by atoms with Gasteiger partial charge in [0.1, 0.15) is 9.84 Å². The monoisotopic (exact) mass is 250 g/mol. The molecular weight excluding hydrogens is 232 g/mol. The molecule has 0 N–H and O–H groups in total. The summed E-state index contributed by atoms with van der Waals surface area (Å²) in [4.78, 5) is 11.6.